The zero-order valence-corrected chi connectivity index (χ0v) is 7.29. The van der Waals surface area contributed by atoms with Crippen molar-refractivity contribution in [1.82, 2.24) is 15.1 Å². The molecule has 2 heterocycles. The molecule has 0 saturated carbocycles. The van der Waals surface area contributed by atoms with Crippen molar-refractivity contribution in [2.24, 2.45) is 0 Å². The Morgan fingerprint density at radius 1 is 1.45 bits per heavy atom. The highest BCUT2D eigenvalue weighted by Crippen LogP contribution is 2.19. The van der Waals surface area contributed by atoms with Gasteiger partial charge in [-0.3, -0.25) is 0 Å². The third kappa shape index (κ3) is 1.01. The highest BCUT2D eigenvalue weighted by Gasteiger charge is 2.05. The molecule has 11 heavy (non-hydrogen) atoms. The van der Waals surface area contributed by atoms with Gasteiger partial charge in [0, 0.05) is 0 Å². The Morgan fingerprint density at radius 2 is 2.27 bits per heavy atom. The molecule has 0 bridgehead atoms. The Kier molecular flexibility index (Phi) is 1.38. The maximum atomic E-state index is 4.85. The maximum Gasteiger partial charge on any atom is 0.262 e. The molecule has 0 N–H and O–H groups in total. The number of hydrogen-bond acceptors (Lipinski definition) is 4. The number of rotatable bonds is 0. The quantitative estimate of drug-likeness (QED) is 0.626. The van der Waals surface area contributed by atoms with Crippen LogP contribution in [-0.2, 0) is 0 Å². The molecule has 0 spiro atoms. The van der Waals surface area contributed by atoms with Gasteiger partial charge in [0.05, 0.1) is 11.6 Å². The summed E-state index contributed by atoms with van der Waals surface area (Å²) in [6.07, 6.45) is 1.58. The number of hydrogen-bond donors (Lipinski definition) is 0. The summed E-state index contributed by atoms with van der Waals surface area (Å²) in [6, 6.07) is 0. The van der Waals surface area contributed by atoms with Crippen molar-refractivity contribution in [1.29, 1.82) is 0 Å². The zero-order chi connectivity index (χ0) is 7.84. The van der Waals surface area contributed by atoms with E-state index >= 15 is 0 Å². The van der Waals surface area contributed by atoms with Gasteiger partial charge in [-0.25, -0.2) is 4.98 Å². The van der Waals surface area contributed by atoms with E-state index in [4.69, 9.17) is 4.52 Å². The van der Waals surface area contributed by atoms with Crippen LogP contribution in [0.1, 0.15) is 5.82 Å². The first-order valence-electron chi connectivity index (χ1n) is 3.02. The molecule has 0 unspecified atom stereocenters. The lowest BCUT2D eigenvalue weighted by Gasteiger charge is -1.91. The van der Waals surface area contributed by atoms with Crippen molar-refractivity contribution in [2.75, 3.05) is 0 Å². The van der Waals surface area contributed by atoms with Gasteiger partial charge in [0.2, 0.25) is 0 Å². The maximum absolute atomic E-state index is 4.85. The van der Waals surface area contributed by atoms with Crippen molar-refractivity contribution in [2.45, 2.75) is 6.92 Å². The van der Waals surface area contributed by atoms with Crippen LogP contribution in [-0.4, -0.2) is 15.1 Å². The smallest absolute Gasteiger partial charge is 0.262 e. The summed E-state index contributed by atoms with van der Waals surface area (Å²) < 4.78 is 5.57. The third-order valence-corrected chi connectivity index (χ3v) is 1.90. The number of nitrogens with zero attached hydrogens (tertiary/aromatic N) is 3. The average Bonchev–Trinajstić information content (AvgIpc) is 2.34. The van der Waals surface area contributed by atoms with Crippen LogP contribution >= 0.6 is 15.9 Å². The Labute approximate surface area is 70.8 Å². The fraction of sp³-hybridized carbons (Fsp3) is 0.167. The number of aryl methyl sites for hydroxylation is 1. The summed E-state index contributed by atoms with van der Waals surface area (Å²) in [7, 11) is 0. The minimum Gasteiger partial charge on any atom is -0.336 e. The van der Waals surface area contributed by atoms with Crippen LogP contribution in [0.15, 0.2) is 15.3 Å². The Balaban J connectivity index is 2.91. The molecule has 2 rings (SSSR count). The van der Waals surface area contributed by atoms with Crippen molar-refractivity contribution in [3.63, 3.8) is 0 Å². The monoisotopic (exact) mass is 213 g/mol. The molecule has 5 heteroatoms. The van der Waals surface area contributed by atoms with Gasteiger partial charge in [0.25, 0.3) is 5.71 Å². The number of fused-ring (bicyclic) bond motifs is 1. The second-order valence-electron chi connectivity index (χ2n) is 2.11. The highest BCUT2D eigenvalue weighted by molar-refractivity contribution is 9.10. The second-order valence-corrected chi connectivity index (χ2v) is 2.86. The van der Waals surface area contributed by atoms with Gasteiger partial charge in [-0.15, -0.1) is 0 Å². The van der Waals surface area contributed by atoms with Gasteiger partial charge in [0.1, 0.15) is 10.4 Å². The van der Waals surface area contributed by atoms with E-state index in [1.165, 1.54) is 0 Å². The summed E-state index contributed by atoms with van der Waals surface area (Å²) in [6.45, 7) is 1.80. The SMILES string of the molecule is Cc1nc(Br)c2cnoc2n1. The summed E-state index contributed by atoms with van der Waals surface area (Å²) in [4.78, 5) is 8.11. The first kappa shape index (κ1) is 6.72. The van der Waals surface area contributed by atoms with Crippen molar-refractivity contribution < 1.29 is 4.52 Å². The van der Waals surface area contributed by atoms with Crippen LogP contribution in [0.25, 0.3) is 11.1 Å². The van der Waals surface area contributed by atoms with Gasteiger partial charge >= 0.3 is 0 Å². The van der Waals surface area contributed by atoms with E-state index in [1.807, 2.05) is 0 Å². The summed E-state index contributed by atoms with van der Waals surface area (Å²) in [5.41, 5.74) is 0.518. The second kappa shape index (κ2) is 2.27. The topological polar surface area (TPSA) is 51.8 Å². The first-order valence-corrected chi connectivity index (χ1v) is 3.81. The van der Waals surface area contributed by atoms with Crippen LogP contribution in [0, 0.1) is 6.92 Å². The van der Waals surface area contributed by atoms with E-state index in [1.54, 1.807) is 13.1 Å². The van der Waals surface area contributed by atoms with Crippen LogP contribution < -0.4 is 0 Å². The summed E-state index contributed by atoms with van der Waals surface area (Å²) in [5, 5.41) is 4.40. The summed E-state index contributed by atoms with van der Waals surface area (Å²) >= 11 is 3.28. The molecule has 0 radical (unpaired) electrons. The lowest BCUT2D eigenvalue weighted by atomic mass is 10.4. The van der Waals surface area contributed by atoms with Crippen LogP contribution in [0.5, 0.6) is 0 Å². The van der Waals surface area contributed by atoms with E-state index in [0.717, 1.165) is 9.99 Å². The Bertz CT molecular complexity index is 398. The predicted molar refractivity (Wildman–Crippen MR) is 42.0 cm³/mol. The standard InChI is InChI=1S/C6H4BrN3O/c1-3-9-5(7)4-2-8-11-6(4)10-3/h2H,1H3. The zero-order valence-electron chi connectivity index (χ0n) is 5.71. The average molecular weight is 214 g/mol. The normalized spacial score (nSPS) is 10.7. The number of aromatic nitrogens is 3. The molecule has 0 aliphatic rings. The molecule has 4 nitrogen and oxygen atoms in total. The van der Waals surface area contributed by atoms with Crippen LogP contribution in [0.2, 0.25) is 0 Å². The predicted octanol–water partition coefficient (Wildman–Crippen LogP) is 1.69. The molecular formula is C6H4BrN3O. The minimum absolute atomic E-state index is 0.518. The third-order valence-electron chi connectivity index (χ3n) is 1.30. The Morgan fingerprint density at radius 3 is 3.09 bits per heavy atom. The van der Waals surface area contributed by atoms with Crippen LogP contribution in [0.4, 0.5) is 0 Å². The molecule has 0 aliphatic heterocycles. The summed E-state index contributed by atoms with van der Waals surface area (Å²) in [5.74, 6) is 0.668. The van der Waals surface area contributed by atoms with E-state index < -0.39 is 0 Å². The van der Waals surface area contributed by atoms with Gasteiger partial charge in [-0.05, 0) is 22.9 Å². The lowest BCUT2D eigenvalue weighted by molar-refractivity contribution is 0.447. The molecular weight excluding hydrogens is 210 g/mol. The van der Waals surface area contributed by atoms with Gasteiger partial charge in [-0.2, -0.15) is 4.98 Å². The van der Waals surface area contributed by atoms with Crippen molar-refractivity contribution in [3.8, 4) is 0 Å². The molecule has 0 saturated heterocycles. The molecule has 56 valence electrons. The van der Waals surface area contributed by atoms with Gasteiger partial charge in [-0.1, -0.05) is 5.16 Å². The van der Waals surface area contributed by atoms with Crippen molar-refractivity contribution >= 4 is 27.0 Å². The molecule has 0 fully saturated rings. The lowest BCUT2D eigenvalue weighted by Crippen LogP contribution is -1.86. The number of halogens is 1. The van der Waals surface area contributed by atoms with Gasteiger partial charge in [0.15, 0.2) is 0 Å². The minimum atomic E-state index is 0.518. The largest absolute Gasteiger partial charge is 0.336 e. The van der Waals surface area contributed by atoms with Gasteiger partial charge < -0.3 is 4.52 Å². The molecule has 0 aromatic carbocycles. The Hall–Kier alpha value is -0.970. The van der Waals surface area contributed by atoms with Crippen LogP contribution in [0.3, 0.4) is 0 Å². The van der Waals surface area contributed by atoms with E-state index in [0.29, 0.717) is 11.5 Å². The molecule has 0 aliphatic carbocycles. The van der Waals surface area contributed by atoms with Crippen molar-refractivity contribution in [3.05, 3.63) is 16.6 Å². The molecule has 0 atom stereocenters. The van der Waals surface area contributed by atoms with E-state index in [9.17, 15) is 0 Å². The molecule has 2 aromatic heterocycles. The molecule has 0 amide bonds. The fourth-order valence-corrected chi connectivity index (χ4v) is 1.36. The highest BCUT2D eigenvalue weighted by atomic mass is 79.9. The fourth-order valence-electron chi connectivity index (χ4n) is 0.830. The van der Waals surface area contributed by atoms with E-state index in [2.05, 4.69) is 31.1 Å². The molecule has 2 aromatic rings. The first-order chi connectivity index (χ1) is 5.27. The van der Waals surface area contributed by atoms with E-state index in [-0.39, 0.29) is 0 Å².